The van der Waals surface area contributed by atoms with Crippen LogP contribution < -0.4 is 15.0 Å². The van der Waals surface area contributed by atoms with E-state index in [0.29, 0.717) is 25.1 Å². The van der Waals surface area contributed by atoms with Gasteiger partial charge in [-0.15, -0.1) is 0 Å². The Balaban J connectivity index is 0.845. The van der Waals surface area contributed by atoms with Crippen molar-refractivity contribution in [3.8, 4) is 11.5 Å². The smallest absolute Gasteiger partial charge is 0.255 e. The van der Waals surface area contributed by atoms with Gasteiger partial charge in [-0.25, -0.2) is 0 Å². The summed E-state index contributed by atoms with van der Waals surface area (Å²) in [4.78, 5) is 48.3. The Bertz CT molecular complexity index is 2250. The molecule has 3 aliphatic heterocycles. The highest BCUT2D eigenvalue weighted by Gasteiger charge is 2.39. The van der Waals surface area contributed by atoms with Crippen LogP contribution in [0.3, 0.4) is 0 Å². The van der Waals surface area contributed by atoms with Crippen LogP contribution in [0.15, 0.2) is 115 Å². The highest BCUT2D eigenvalue weighted by Crippen LogP contribution is 2.36. The fourth-order valence-corrected chi connectivity index (χ4v) is 7.98. The molecule has 284 valence electrons. The van der Waals surface area contributed by atoms with E-state index in [2.05, 4.69) is 76.6 Å². The van der Waals surface area contributed by atoms with Crippen LogP contribution in [0.5, 0.6) is 11.5 Å². The van der Waals surface area contributed by atoms with E-state index in [-0.39, 0.29) is 24.0 Å². The topological polar surface area (TPSA) is 115 Å². The van der Waals surface area contributed by atoms with E-state index in [1.165, 1.54) is 11.1 Å². The summed E-state index contributed by atoms with van der Waals surface area (Å²) in [5, 5.41) is 12.3. The molecule has 2 fully saturated rings. The van der Waals surface area contributed by atoms with Crippen molar-refractivity contribution in [1.82, 2.24) is 20.1 Å². The van der Waals surface area contributed by atoms with Gasteiger partial charge in [-0.1, -0.05) is 67.6 Å². The number of aromatic nitrogens is 1. The van der Waals surface area contributed by atoms with Gasteiger partial charge in [0.2, 0.25) is 11.8 Å². The average Bonchev–Trinajstić information content (AvgIpc) is 3.55. The van der Waals surface area contributed by atoms with Gasteiger partial charge < -0.3 is 19.6 Å². The first-order chi connectivity index (χ1) is 27.3. The summed E-state index contributed by atoms with van der Waals surface area (Å²) >= 11 is 0. The Morgan fingerprint density at radius 1 is 0.839 bits per heavy atom. The van der Waals surface area contributed by atoms with Crippen LogP contribution in [-0.4, -0.2) is 69.8 Å². The summed E-state index contributed by atoms with van der Waals surface area (Å²) in [6.07, 6.45) is 3.35. The first-order valence-electron chi connectivity index (χ1n) is 19.3. The Kier molecular flexibility index (Phi) is 10.6. The lowest BCUT2D eigenvalue weighted by molar-refractivity contribution is -0.136. The van der Waals surface area contributed by atoms with Gasteiger partial charge in [-0.2, -0.15) is 0 Å². The monoisotopic (exact) mass is 747 g/mol. The highest BCUT2D eigenvalue weighted by atomic mass is 16.5. The molecule has 0 aliphatic carbocycles. The zero-order chi connectivity index (χ0) is 38.6. The number of benzene rings is 4. The molecule has 2 N–H and O–H groups in total. The zero-order valence-electron chi connectivity index (χ0n) is 31.5. The molecule has 0 radical (unpaired) electrons. The predicted octanol–water partition coefficient (Wildman–Crippen LogP) is 6.82. The summed E-state index contributed by atoms with van der Waals surface area (Å²) < 4.78 is 6.19. The molecule has 0 saturated carbocycles. The molecule has 4 aromatic carbocycles. The number of piperidine rings is 1. The van der Waals surface area contributed by atoms with Crippen molar-refractivity contribution in [2.24, 2.45) is 0 Å². The maximum atomic E-state index is 13.1. The van der Waals surface area contributed by atoms with Gasteiger partial charge >= 0.3 is 0 Å². The number of anilines is 1. The predicted molar refractivity (Wildman–Crippen MR) is 216 cm³/mol. The van der Waals surface area contributed by atoms with Crippen LogP contribution in [0.4, 0.5) is 5.69 Å². The van der Waals surface area contributed by atoms with Gasteiger partial charge in [-0.05, 0) is 94.8 Å². The van der Waals surface area contributed by atoms with Crippen molar-refractivity contribution in [3.05, 3.63) is 154 Å². The second kappa shape index (κ2) is 16.2. The minimum absolute atomic E-state index is 0.149. The van der Waals surface area contributed by atoms with Gasteiger partial charge in [0.15, 0.2) is 0 Å². The number of ether oxygens (including phenoxy) is 1. The standard InChI is InChI=1S/C46H45N5O5/c1-2-40(32-6-4-3-5-7-32)44(33-9-15-38(52)16-10-33)34-11-17-39(18-12-34)56-30-31-8-13-36(47-27-31)29-49-22-24-50(25-23-49)37-14-19-41-35(26-37)28-51(46(41)55)42-20-21-43(53)48-45(42)54/h3-19,26-27,42,52H,2,20-25,28-30H2,1H3,(H,48,53,54)/b44-40-. The molecule has 0 spiro atoms. The number of nitrogens with one attached hydrogen (secondary N) is 1. The molecule has 56 heavy (non-hydrogen) atoms. The minimum Gasteiger partial charge on any atom is -0.508 e. The molecular weight excluding hydrogens is 703 g/mol. The van der Waals surface area contributed by atoms with Crippen LogP contribution in [0.1, 0.15) is 70.1 Å². The summed E-state index contributed by atoms with van der Waals surface area (Å²) in [7, 11) is 0. The van der Waals surface area contributed by atoms with Gasteiger partial charge in [0.25, 0.3) is 5.91 Å². The van der Waals surface area contributed by atoms with Crippen molar-refractivity contribution in [2.75, 3.05) is 31.1 Å². The number of amides is 3. The van der Waals surface area contributed by atoms with Crippen molar-refractivity contribution in [2.45, 2.75) is 51.9 Å². The third-order valence-electron chi connectivity index (χ3n) is 11.0. The molecule has 0 bridgehead atoms. The zero-order valence-corrected chi connectivity index (χ0v) is 31.5. The van der Waals surface area contributed by atoms with Gasteiger partial charge in [0.05, 0.1) is 5.69 Å². The molecule has 1 unspecified atom stereocenters. The summed E-state index contributed by atoms with van der Waals surface area (Å²) in [6, 6.07) is 35.5. The van der Waals surface area contributed by atoms with Crippen LogP contribution in [0.25, 0.3) is 11.1 Å². The lowest BCUT2D eigenvalue weighted by Gasteiger charge is -2.36. The van der Waals surface area contributed by atoms with E-state index < -0.39 is 11.9 Å². The van der Waals surface area contributed by atoms with Crippen molar-refractivity contribution in [3.63, 3.8) is 0 Å². The van der Waals surface area contributed by atoms with Crippen LogP contribution in [-0.2, 0) is 29.3 Å². The molecule has 3 amide bonds. The van der Waals surface area contributed by atoms with Gasteiger partial charge in [0.1, 0.15) is 24.1 Å². The molecule has 1 aromatic heterocycles. The molecule has 1 atom stereocenters. The van der Waals surface area contributed by atoms with E-state index in [9.17, 15) is 19.5 Å². The number of pyridine rings is 1. The summed E-state index contributed by atoms with van der Waals surface area (Å²) in [6.45, 7) is 7.20. The van der Waals surface area contributed by atoms with Crippen LogP contribution in [0, 0.1) is 0 Å². The Morgan fingerprint density at radius 3 is 2.25 bits per heavy atom. The van der Waals surface area contributed by atoms with Crippen LogP contribution in [0.2, 0.25) is 0 Å². The number of hydrogen-bond acceptors (Lipinski definition) is 8. The van der Waals surface area contributed by atoms with Gasteiger partial charge in [0, 0.05) is 68.7 Å². The van der Waals surface area contributed by atoms with E-state index in [1.54, 1.807) is 17.0 Å². The second-order valence-corrected chi connectivity index (χ2v) is 14.6. The number of carbonyl (C=O) groups excluding carboxylic acids is 3. The van der Waals surface area contributed by atoms with E-state index in [4.69, 9.17) is 9.72 Å². The molecule has 4 heterocycles. The number of fused-ring (bicyclic) bond motifs is 1. The first kappa shape index (κ1) is 36.7. The number of piperazine rings is 1. The summed E-state index contributed by atoms with van der Waals surface area (Å²) in [5.41, 5.74) is 10.3. The normalized spacial score (nSPS) is 17.7. The number of imide groups is 1. The Labute approximate surface area is 327 Å². The molecule has 5 aromatic rings. The van der Waals surface area contributed by atoms with E-state index >= 15 is 0 Å². The van der Waals surface area contributed by atoms with Crippen molar-refractivity contribution >= 4 is 34.6 Å². The molecule has 8 rings (SSSR count). The molecule has 3 aliphatic rings. The van der Waals surface area contributed by atoms with Gasteiger partial charge in [-0.3, -0.25) is 29.6 Å². The number of phenolic OH excluding ortho intramolecular Hbond substituents is 1. The molecular formula is C46H45N5O5. The van der Waals surface area contributed by atoms with Crippen molar-refractivity contribution < 1.29 is 24.2 Å². The van der Waals surface area contributed by atoms with Crippen LogP contribution >= 0.6 is 0 Å². The quantitative estimate of drug-likeness (QED) is 0.112. The lowest BCUT2D eigenvalue weighted by Crippen LogP contribution is -2.52. The first-order valence-corrected chi connectivity index (χ1v) is 19.3. The third-order valence-corrected chi connectivity index (χ3v) is 11.0. The minimum atomic E-state index is -0.609. The fraction of sp³-hybridized carbons (Fsp3) is 0.261. The number of hydrogen-bond donors (Lipinski definition) is 2. The number of carbonyl (C=O) groups is 3. The Morgan fingerprint density at radius 2 is 1.57 bits per heavy atom. The number of phenols is 1. The van der Waals surface area contributed by atoms with Crippen molar-refractivity contribution in [1.29, 1.82) is 0 Å². The number of rotatable bonds is 11. The largest absolute Gasteiger partial charge is 0.508 e. The Hall–Kier alpha value is -6.26. The SMILES string of the molecule is CC/C(=C(\c1ccc(O)cc1)c1ccc(OCc2ccc(CN3CCN(c4ccc5c(c4)CN(C4CCC(=O)NC4=O)C5=O)CC3)nc2)cc1)c1ccccc1. The third kappa shape index (κ3) is 7.92. The molecule has 2 saturated heterocycles. The molecule has 10 heteroatoms. The fourth-order valence-electron chi connectivity index (χ4n) is 7.98. The summed E-state index contributed by atoms with van der Waals surface area (Å²) in [5.74, 6) is 0.198. The average molecular weight is 748 g/mol. The maximum Gasteiger partial charge on any atom is 0.255 e. The second-order valence-electron chi connectivity index (χ2n) is 14.6. The maximum absolute atomic E-state index is 13.1. The number of allylic oxidation sites excluding steroid dienone is 1. The van der Waals surface area contributed by atoms with E-state index in [0.717, 1.165) is 84.1 Å². The lowest BCUT2D eigenvalue weighted by atomic mass is 9.88. The van der Waals surface area contributed by atoms with E-state index in [1.807, 2.05) is 48.7 Å². The highest BCUT2D eigenvalue weighted by molar-refractivity contribution is 6.05. The molecule has 10 nitrogen and oxygen atoms in total. The number of aromatic hydroxyl groups is 1. The number of nitrogens with zero attached hydrogens (tertiary/aromatic N) is 4.